The third-order valence-electron chi connectivity index (χ3n) is 0.541. The molecule has 0 aliphatic heterocycles. The van der Waals surface area contributed by atoms with Crippen molar-refractivity contribution in [1.29, 1.82) is 0 Å². The van der Waals surface area contributed by atoms with Crippen molar-refractivity contribution < 1.29 is 0 Å². The SMILES string of the molecule is C/C=C/NCCS. The molecule has 0 aliphatic carbocycles. The summed E-state index contributed by atoms with van der Waals surface area (Å²) in [5, 5.41) is 3.03. The van der Waals surface area contributed by atoms with Gasteiger partial charge in [0.15, 0.2) is 0 Å². The van der Waals surface area contributed by atoms with Crippen LogP contribution < -0.4 is 5.32 Å². The van der Waals surface area contributed by atoms with E-state index < -0.39 is 0 Å². The molecule has 0 unspecified atom stereocenters. The maximum absolute atomic E-state index is 4.00. The van der Waals surface area contributed by atoms with E-state index in [4.69, 9.17) is 0 Å². The zero-order chi connectivity index (χ0) is 5.54. The average molecular weight is 117 g/mol. The Hall–Kier alpha value is -0.110. The molecule has 0 saturated heterocycles. The standard InChI is InChI=1S/C5H11NS/c1-2-3-6-4-5-7/h2-3,6-7H,4-5H2,1H3/b3-2+. The quantitative estimate of drug-likeness (QED) is 0.416. The third kappa shape index (κ3) is 5.89. The van der Waals surface area contributed by atoms with Crippen LogP contribution in [0.25, 0.3) is 0 Å². The van der Waals surface area contributed by atoms with E-state index in [-0.39, 0.29) is 0 Å². The Labute approximate surface area is 50.2 Å². The van der Waals surface area contributed by atoms with Gasteiger partial charge < -0.3 is 5.32 Å². The van der Waals surface area contributed by atoms with Crippen LogP contribution in [0.1, 0.15) is 6.92 Å². The normalized spacial score (nSPS) is 10.0. The van der Waals surface area contributed by atoms with Crippen LogP contribution in [0, 0.1) is 0 Å². The third-order valence-corrected chi connectivity index (χ3v) is 0.764. The van der Waals surface area contributed by atoms with Gasteiger partial charge in [-0.25, -0.2) is 0 Å². The Morgan fingerprint density at radius 1 is 1.71 bits per heavy atom. The van der Waals surface area contributed by atoms with Crippen LogP contribution >= 0.6 is 12.6 Å². The molecular weight excluding hydrogens is 106 g/mol. The van der Waals surface area contributed by atoms with E-state index in [0.29, 0.717) is 0 Å². The molecule has 42 valence electrons. The van der Waals surface area contributed by atoms with Crippen LogP contribution in [-0.4, -0.2) is 12.3 Å². The summed E-state index contributed by atoms with van der Waals surface area (Å²) in [6, 6.07) is 0. The number of hydrogen-bond donors (Lipinski definition) is 2. The predicted molar refractivity (Wildman–Crippen MR) is 36.7 cm³/mol. The first-order valence-electron chi connectivity index (χ1n) is 2.37. The summed E-state index contributed by atoms with van der Waals surface area (Å²) >= 11 is 4.00. The van der Waals surface area contributed by atoms with Gasteiger partial charge >= 0.3 is 0 Å². The van der Waals surface area contributed by atoms with Gasteiger partial charge in [0.05, 0.1) is 0 Å². The molecule has 1 N–H and O–H groups in total. The molecule has 1 nitrogen and oxygen atoms in total. The topological polar surface area (TPSA) is 12.0 Å². The van der Waals surface area contributed by atoms with E-state index in [2.05, 4.69) is 17.9 Å². The minimum atomic E-state index is 0.893. The monoisotopic (exact) mass is 117 g/mol. The molecule has 0 aromatic rings. The molecule has 0 fully saturated rings. The molecule has 0 radical (unpaired) electrons. The minimum absolute atomic E-state index is 0.893. The van der Waals surface area contributed by atoms with Crippen LogP contribution in [0.3, 0.4) is 0 Å². The lowest BCUT2D eigenvalue weighted by molar-refractivity contribution is 0.929. The Balaban J connectivity index is 2.69. The van der Waals surface area contributed by atoms with Crippen molar-refractivity contribution in [3.8, 4) is 0 Å². The van der Waals surface area contributed by atoms with E-state index in [0.717, 1.165) is 12.3 Å². The Bertz CT molecular complexity index is 52.0. The fourth-order valence-electron chi connectivity index (χ4n) is 0.266. The summed E-state index contributed by atoms with van der Waals surface area (Å²) in [4.78, 5) is 0. The van der Waals surface area contributed by atoms with Crippen molar-refractivity contribution in [3.63, 3.8) is 0 Å². The van der Waals surface area contributed by atoms with Gasteiger partial charge in [0.1, 0.15) is 0 Å². The molecular formula is C5H11NS. The van der Waals surface area contributed by atoms with Crippen LogP contribution in [-0.2, 0) is 0 Å². The largest absolute Gasteiger partial charge is 0.390 e. The number of nitrogens with one attached hydrogen (secondary N) is 1. The van der Waals surface area contributed by atoms with Gasteiger partial charge in [-0.2, -0.15) is 12.6 Å². The first-order chi connectivity index (χ1) is 3.41. The molecule has 0 atom stereocenters. The van der Waals surface area contributed by atoms with Gasteiger partial charge in [-0.1, -0.05) is 6.08 Å². The molecule has 0 heterocycles. The summed E-state index contributed by atoms with van der Waals surface area (Å²) in [6.07, 6.45) is 3.87. The second kappa shape index (κ2) is 5.89. The lowest BCUT2D eigenvalue weighted by atomic mass is 10.6. The summed E-state index contributed by atoms with van der Waals surface area (Å²) in [5.41, 5.74) is 0. The van der Waals surface area contributed by atoms with Crippen molar-refractivity contribution in [2.24, 2.45) is 0 Å². The van der Waals surface area contributed by atoms with E-state index in [1.807, 2.05) is 19.2 Å². The Kier molecular flexibility index (Phi) is 5.80. The molecule has 0 aromatic carbocycles. The van der Waals surface area contributed by atoms with E-state index >= 15 is 0 Å². The minimum Gasteiger partial charge on any atom is -0.390 e. The van der Waals surface area contributed by atoms with Crippen molar-refractivity contribution in [1.82, 2.24) is 5.32 Å². The van der Waals surface area contributed by atoms with E-state index in [9.17, 15) is 0 Å². The predicted octanol–water partition coefficient (Wildman–Crippen LogP) is 1.04. The number of thiol groups is 1. The van der Waals surface area contributed by atoms with Crippen molar-refractivity contribution in [2.45, 2.75) is 6.92 Å². The number of allylic oxidation sites excluding steroid dienone is 1. The first-order valence-corrected chi connectivity index (χ1v) is 3.00. The molecule has 0 rings (SSSR count). The molecule has 0 aromatic heterocycles. The van der Waals surface area contributed by atoms with Crippen LogP contribution in [0.4, 0.5) is 0 Å². The Morgan fingerprint density at radius 3 is 2.86 bits per heavy atom. The van der Waals surface area contributed by atoms with Gasteiger partial charge in [-0.15, -0.1) is 0 Å². The first kappa shape index (κ1) is 6.89. The lowest BCUT2D eigenvalue weighted by Gasteiger charge is -1.90. The molecule has 0 spiro atoms. The fourth-order valence-corrected chi connectivity index (χ4v) is 0.395. The average Bonchev–Trinajstić information content (AvgIpc) is 1.69. The number of hydrogen-bond acceptors (Lipinski definition) is 2. The fraction of sp³-hybridized carbons (Fsp3) is 0.600. The Morgan fingerprint density at radius 2 is 2.43 bits per heavy atom. The maximum Gasteiger partial charge on any atom is 0.0229 e. The van der Waals surface area contributed by atoms with Gasteiger partial charge in [0.2, 0.25) is 0 Å². The molecule has 7 heavy (non-hydrogen) atoms. The smallest absolute Gasteiger partial charge is 0.0229 e. The van der Waals surface area contributed by atoms with Gasteiger partial charge in [-0.05, 0) is 13.1 Å². The zero-order valence-corrected chi connectivity index (χ0v) is 5.41. The summed E-state index contributed by atoms with van der Waals surface area (Å²) in [6.45, 7) is 2.93. The van der Waals surface area contributed by atoms with Crippen molar-refractivity contribution >= 4 is 12.6 Å². The van der Waals surface area contributed by atoms with Gasteiger partial charge in [0, 0.05) is 12.3 Å². The highest BCUT2D eigenvalue weighted by Crippen LogP contribution is 1.68. The van der Waals surface area contributed by atoms with E-state index in [1.165, 1.54) is 0 Å². The highest BCUT2D eigenvalue weighted by Gasteiger charge is 1.69. The van der Waals surface area contributed by atoms with Crippen LogP contribution in [0.5, 0.6) is 0 Å². The van der Waals surface area contributed by atoms with E-state index in [1.54, 1.807) is 0 Å². The lowest BCUT2D eigenvalue weighted by Crippen LogP contribution is -2.06. The molecule has 0 saturated carbocycles. The van der Waals surface area contributed by atoms with Crippen molar-refractivity contribution in [2.75, 3.05) is 12.3 Å². The molecule has 2 heteroatoms. The second-order valence-electron chi connectivity index (χ2n) is 1.18. The number of rotatable bonds is 3. The summed E-state index contributed by atoms with van der Waals surface area (Å²) in [5.74, 6) is 0.893. The zero-order valence-electron chi connectivity index (χ0n) is 4.52. The van der Waals surface area contributed by atoms with Gasteiger partial charge in [0.25, 0.3) is 0 Å². The second-order valence-corrected chi connectivity index (χ2v) is 1.62. The summed E-state index contributed by atoms with van der Waals surface area (Å²) < 4.78 is 0. The van der Waals surface area contributed by atoms with Crippen LogP contribution in [0.2, 0.25) is 0 Å². The maximum atomic E-state index is 4.00. The molecule has 0 bridgehead atoms. The summed E-state index contributed by atoms with van der Waals surface area (Å²) in [7, 11) is 0. The van der Waals surface area contributed by atoms with Crippen molar-refractivity contribution in [3.05, 3.63) is 12.3 Å². The highest BCUT2D eigenvalue weighted by molar-refractivity contribution is 7.80. The van der Waals surface area contributed by atoms with Crippen LogP contribution in [0.15, 0.2) is 12.3 Å². The molecule has 0 aliphatic rings. The molecule has 0 amide bonds. The van der Waals surface area contributed by atoms with Gasteiger partial charge in [-0.3, -0.25) is 0 Å². The highest BCUT2D eigenvalue weighted by atomic mass is 32.1.